The largest absolute Gasteiger partial charge is 0.494 e. The molecule has 39 heavy (non-hydrogen) atoms. The average Bonchev–Trinajstić information content (AvgIpc) is 2.96. The highest BCUT2D eigenvalue weighted by Gasteiger charge is 2.21. The molecule has 0 spiro atoms. The average molecular weight is 543 g/mol. The molecule has 0 atom stereocenters. The van der Waals surface area contributed by atoms with Gasteiger partial charge in [-0.05, 0) is 54.7 Å². The van der Waals surface area contributed by atoms with E-state index in [2.05, 4.69) is 20.8 Å². The summed E-state index contributed by atoms with van der Waals surface area (Å²) in [6.07, 6.45) is 7.43. The van der Waals surface area contributed by atoms with Gasteiger partial charge in [-0.2, -0.15) is 0 Å². The third-order valence-corrected chi connectivity index (χ3v) is 6.03. The Bertz CT molecular complexity index is 955. The molecule has 0 aromatic heterocycles. The number of benzene rings is 2. The number of rotatable bonds is 21. The van der Waals surface area contributed by atoms with Gasteiger partial charge in [-0.1, -0.05) is 58.2 Å². The number of ether oxygens (including phenoxy) is 5. The summed E-state index contributed by atoms with van der Waals surface area (Å²) in [5.41, 5.74) is 2.08. The number of esters is 2. The van der Waals surface area contributed by atoms with Crippen LogP contribution >= 0.6 is 0 Å². The second-order valence-corrected chi connectivity index (χ2v) is 9.40. The van der Waals surface area contributed by atoms with Gasteiger partial charge in [-0.3, -0.25) is 0 Å². The van der Waals surface area contributed by atoms with Crippen molar-refractivity contribution in [3.05, 3.63) is 53.6 Å². The maximum Gasteiger partial charge on any atom is 0.339 e. The highest BCUT2D eigenvalue weighted by atomic mass is 16.5. The van der Waals surface area contributed by atoms with Gasteiger partial charge in [-0.25, -0.2) is 9.59 Å². The Hall–Kier alpha value is -2.90. The van der Waals surface area contributed by atoms with Crippen LogP contribution in [-0.2, 0) is 18.9 Å². The molecule has 0 aliphatic heterocycles. The molecule has 0 unspecified atom stereocenters. The third-order valence-electron chi connectivity index (χ3n) is 6.03. The summed E-state index contributed by atoms with van der Waals surface area (Å²) >= 11 is 0. The van der Waals surface area contributed by atoms with E-state index >= 15 is 0 Å². The van der Waals surface area contributed by atoms with E-state index in [4.69, 9.17) is 23.7 Å². The van der Waals surface area contributed by atoms with Crippen LogP contribution in [0.15, 0.2) is 42.5 Å². The summed E-state index contributed by atoms with van der Waals surface area (Å²) in [5, 5.41) is 0. The number of hydrogen-bond donors (Lipinski definition) is 0. The van der Waals surface area contributed by atoms with Crippen LogP contribution in [-0.4, -0.2) is 58.2 Å². The van der Waals surface area contributed by atoms with Crippen molar-refractivity contribution in [1.29, 1.82) is 0 Å². The molecule has 0 N–H and O–H groups in total. The molecule has 0 fully saturated rings. The van der Waals surface area contributed by atoms with Crippen molar-refractivity contribution in [2.45, 2.75) is 72.1 Å². The lowest BCUT2D eigenvalue weighted by atomic mass is 9.99. The lowest BCUT2D eigenvalue weighted by Crippen LogP contribution is -2.16. The molecule has 216 valence electrons. The molecule has 2 aromatic rings. The molecule has 0 aliphatic rings. The molecule has 7 nitrogen and oxygen atoms in total. The van der Waals surface area contributed by atoms with Crippen molar-refractivity contribution < 1.29 is 33.3 Å². The summed E-state index contributed by atoms with van der Waals surface area (Å²) in [5.74, 6) is -0.309. The Morgan fingerprint density at radius 2 is 1.03 bits per heavy atom. The first-order chi connectivity index (χ1) is 19.1. The molecule has 0 saturated carbocycles. The fourth-order valence-corrected chi connectivity index (χ4v) is 3.65. The molecule has 0 saturated heterocycles. The van der Waals surface area contributed by atoms with Crippen LogP contribution in [0.1, 0.15) is 92.9 Å². The van der Waals surface area contributed by atoms with Crippen molar-refractivity contribution in [3.63, 3.8) is 0 Å². The minimum atomic E-state index is -0.556. The van der Waals surface area contributed by atoms with Crippen LogP contribution in [0.2, 0.25) is 0 Å². The van der Waals surface area contributed by atoms with E-state index in [1.54, 1.807) is 12.1 Å². The smallest absolute Gasteiger partial charge is 0.339 e. The van der Waals surface area contributed by atoms with E-state index in [1.807, 2.05) is 30.3 Å². The minimum Gasteiger partial charge on any atom is -0.494 e. The van der Waals surface area contributed by atoms with Crippen molar-refractivity contribution in [2.75, 3.05) is 46.2 Å². The van der Waals surface area contributed by atoms with Crippen molar-refractivity contribution in [2.24, 2.45) is 0 Å². The zero-order valence-corrected chi connectivity index (χ0v) is 24.0. The Morgan fingerprint density at radius 3 is 1.59 bits per heavy atom. The molecule has 0 radical (unpaired) electrons. The van der Waals surface area contributed by atoms with E-state index in [0.717, 1.165) is 55.4 Å². The number of carbonyl (C=O) groups is 2. The molecule has 7 heteroatoms. The van der Waals surface area contributed by atoms with Crippen molar-refractivity contribution >= 4 is 11.9 Å². The Balaban J connectivity index is 2.07. The summed E-state index contributed by atoms with van der Waals surface area (Å²) in [6.45, 7) is 9.91. The normalized spacial score (nSPS) is 10.8. The van der Waals surface area contributed by atoms with Gasteiger partial charge in [0.1, 0.15) is 5.75 Å². The Labute approximate surface area is 234 Å². The highest BCUT2D eigenvalue weighted by molar-refractivity contribution is 6.04. The van der Waals surface area contributed by atoms with Crippen LogP contribution in [0.25, 0.3) is 11.1 Å². The fourth-order valence-electron chi connectivity index (χ4n) is 3.65. The van der Waals surface area contributed by atoms with E-state index < -0.39 is 11.9 Å². The lowest BCUT2D eigenvalue weighted by molar-refractivity contribution is 0.0398. The van der Waals surface area contributed by atoms with E-state index in [0.29, 0.717) is 45.9 Å². The van der Waals surface area contributed by atoms with Crippen LogP contribution in [0.5, 0.6) is 5.75 Å². The Kier molecular flexibility index (Phi) is 16.6. The van der Waals surface area contributed by atoms with Gasteiger partial charge in [0.2, 0.25) is 0 Å². The second-order valence-electron chi connectivity index (χ2n) is 9.40. The maximum absolute atomic E-state index is 13.1. The van der Waals surface area contributed by atoms with Gasteiger partial charge in [0, 0.05) is 39.3 Å². The molecule has 2 aromatic carbocycles. The standard InChI is InChI=1S/C32H46O7/c1-4-7-18-35-20-10-23-38-31(33)29-17-14-27(26-12-15-28(16-13-26)37-22-9-6-3)25-30(29)32(34)39-24-11-21-36-19-8-5-2/h12-17,25H,4-11,18-24H2,1-3H3. The number of carbonyl (C=O) groups excluding carboxylic acids is 2. The molecule has 0 amide bonds. The van der Waals surface area contributed by atoms with Crippen LogP contribution in [0.3, 0.4) is 0 Å². The van der Waals surface area contributed by atoms with Gasteiger partial charge >= 0.3 is 11.9 Å². The van der Waals surface area contributed by atoms with Crippen LogP contribution < -0.4 is 4.74 Å². The van der Waals surface area contributed by atoms with Crippen molar-refractivity contribution in [1.82, 2.24) is 0 Å². The maximum atomic E-state index is 13.1. The number of unbranched alkanes of at least 4 members (excludes halogenated alkanes) is 3. The molecular weight excluding hydrogens is 496 g/mol. The Morgan fingerprint density at radius 1 is 0.538 bits per heavy atom. The van der Waals surface area contributed by atoms with Gasteiger partial charge in [0.15, 0.2) is 0 Å². The molecule has 0 bridgehead atoms. The van der Waals surface area contributed by atoms with Crippen molar-refractivity contribution in [3.8, 4) is 16.9 Å². The SMILES string of the molecule is CCCCOCCCOC(=O)c1ccc(-c2ccc(OCCCC)cc2)cc1C(=O)OCCCOCCCC. The van der Waals surface area contributed by atoms with E-state index in [9.17, 15) is 9.59 Å². The van der Waals surface area contributed by atoms with Gasteiger partial charge < -0.3 is 23.7 Å². The first kappa shape index (κ1) is 32.3. The minimum absolute atomic E-state index is 0.187. The molecule has 0 heterocycles. The van der Waals surface area contributed by atoms with Crippen LogP contribution in [0.4, 0.5) is 0 Å². The monoisotopic (exact) mass is 542 g/mol. The second kappa shape index (κ2) is 20.1. The zero-order chi connectivity index (χ0) is 28.1. The quantitative estimate of drug-likeness (QED) is 0.121. The third kappa shape index (κ3) is 12.7. The van der Waals surface area contributed by atoms with E-state index in [-0.39, 0.29) is 24.3 Å². The van der Waals surface area contributed by atoms with Gasteiger partial charge in [0.25, 0.3) is 0 Å². The number of hydrogen-bond acceptors (Lipinski definition) is 7. The molecule has 0 aliphatic carbocycles. The predicted molar refractivity (Wildman–Crippen MR) is 154 cm³/mol. The fraction of sp³-hybridized carbons (Fsp3) is 0.562. The van der Waals surface area contributed by atoms with E-state index in [1.165, 1.54) is 0 Å². The summed E-state index contributed by atoms with van der Waals surface area (Å²) < 4.78 is 27.8. The summed E-state index contributed by atoms with van der Waals surface area (Å²) in [4.78, 5) is 25.9. The topological polar surface area (TPSA) is 80.3 Å². The summed E-state index contributed by atoms with van der Waals surface area (Å²) in [6, 6.07) is 12.8. The predicted octanol–water partition coefficient (Wildman–Crippen LogP) is 7.26. The first-order valence-electron chi connectivity index (χ1n) is 14.5. The van der Waals surface area contributed by atoms with Gasteiger partial charge in [0.05, 0.1) is 30.9 Å². The highest BCUT2D eigenvalue weighted by Crippen LogP contribution is 2.26. The molecule has 2 rings (SSSR count). The van der Waals surface area contributed by atoms with Crippen LogP contribution in [0, 0.1) is 0 Å². The zero-order valence-electron chi connectivity index (χ0n) is 24.0. The lowest BCUT2D eigenvalue weighted by Gasteiger charge is -2.13. The first-order valence-corrected chi connectivity index (χ1v) is 14.5. The van der Waals surface area contributed by atoms with Gasteiger partial charge in [-0.15, -0.1) is 0 Å². The molecular formula is C32H46O7. The summed E-state index contributed by atoms with van der Waals surface area (Å²) in [7, 11) is 0.